The Hall–Kier alpha value is -1.71. The number of aliphatic hydroxyl groups is 1. The van der Waals surface area contributed by atoms with Gasteiger partial charge in [-0.05, 0) is 37.2 Å². The number of furan rings is 1. The first-order valence-corrected chi connectivity index (χ1v) is 7.67. The number of benzene rings is 1. The van der Waals surface area contributed by atoms with Crippen LogP contribution >= 0.6 is 12.4 Å². The molecule has 2 N–H and O–H groups in total. The maximum absolute atomic E-state index is 13.3. The molecule has 3 nitrogen and oxygen atoms in total. The van der Waals surface area contributed by atoms with E-state index in [1.165, 1.54) is 31.2 Å². The minimum atomic E-state index is -5.00. The fourth-order valence-corrected chi connectivity index (χ4v) is 2.50. The second-order valence-corrected chi connectivity index (χ2v) is 5.85. The number of halogens is 7. The third-order valence-corrected chi connectivity index (χ3v) is 3.92. The highest BCUT2D eigenvalue weighted by Crippen LogP contribution is 2.42. The summed E-state index contributed by atoms with van der Waals surface area (Å²) in [5.41, 5.74) is -4.18. The standard InChI is InChI=1S/C17H17F6NO2.ClH/c1-11-6-7-14(26-11)15(25,17(21,22)23)8-9-24-10-12-4-2-3-5-13(12)16(18,19)20;/h2-7,24-25H,8-10H2,1H3;1H. The van der Waals surface area contributed by atoms with Crippen molar-refractivity contribution in [1.29, 1.82) is 0 Å². The molecule has 1 heterocycles. The molecule has 0 amide bonds. The van der Waals surface area contributed by atoms with Crippen LogP contribution in [0.15, 0.2) is 40.8 Å². The maximum atomic E-state index is 13.3. The largest absolute Gasteiger partial charge is 0.463 e. The van der Waals surface area contributed by atoms with Gasteiger partial charge < -0.3 is 14.8 Å². The van der Waals surface area contributed by atoms with Gasteiger partial charge in [0.25, 0.3) is 0 Å². The summed E-state index contributed by atoms with van der Waals surface area (Å²) in [5, 5.41) is 12.6. The van der Waals surface area contributed by atoms with E-state index in [9.17, 15) is 31.4 Å². The normalized spacial score (nSPS) is 14.5. The van der Waals surface area contributed by atoms with E-state index < -0.39 is 35.7 Å². The van der Waals surface area contributed by atoms with Crippen LogP contribution in [0.3, 0.4) is 0 Å². The predicted molar refractivity (Wildman–Crippen MR) is 88.4 cm³/mol. The zero-order valence-corrected chi connectivity index (χ0v) is 14.9. The zero-order chi connectivity index (χ0) is 19.6. The molecule has 0 fully saturated rings. The van der Waals surface area contributed by atoms with Gasteiger partial charge in [-0.3, -0.25) is 0 Å². The Morgan fingerprint density at radius 2 is 1.63 bits per heavy atom. The summed E-state index contributed by atoms with van der Waals surface area (Å²) in [6, 6.07) is 7.09. The predicted octanol–water partition coefficient (Wildman–Crippen LogP) is 4.96. The van der Waals surface area contributed by atoms with Gasteiger partial charge in [0, 0.05) is 13.0 Å². The van der Waals surface area contributed by atoms with Gasteiger partial charge in [0.2, 0.25) is 5.60 Å². The second kappa shape index (κ2) is 8.53. The van der Waals surface area contributed by atoms with Gasteiger partial charge in [-0.1, -0.05) is 18.2 Å². The van der Waals surface area contributed by atoms with Crippen molar-refractivity contribution in [2.75, 3.05) is 6.54 Å². The molecule has 0 bridgehead atoms. The van der Waals surface area contributed by atoms with Gasteiger partial charge in [-0.25, -0.2) is 0 Å². The van der Waals surface area contributed by atoms with Crippen LogP contribution < -0.4 is 5.32 Å². The number of nitrogens with one attached hydrogen (secondary N) is 1. The van der Waals surface area contributed by atoms with Crippen LogP contribution in [0.1, 0.15) is 29.1 Å². The average Bonchev–Trinajstić information content (AvgIpc) is 2.96. The van der Waals surface area contributed by atoms with Crippen LogP contribution in [0.2, 0.25) is 0 Å². The molecule has 0 aliphatic heterocycles. The summed E-state index contributed by atoms with van der Waals surface area (Å²) in [5.74, 6) is -0.449. The van der Waals surface area contributed by atoms with E-state index in [1.54, 1.807) is 0 Å². The van der Waals surface area contributed by atoms with E-state index in [0.717, 1.165) is 12.1 Å². The lowest BCUT2D eigenvalue weighted by atomic mass is 9.95. The topological polar surface area (TPSA) is 45.4 Å². The average molecular weight is 418 g/mol. The molecule has 0 saturated heterocycles. The van der Waals surface area contributed by atoms with Gasteiger partial charge in [0.15, 0.2) is 0 Å². The van der Waals surface area contributed by atoms with Crippen molar-refractivity contribution < 1.29 is 35.9 Å². The molecule has 1 unspecified atom stereocenters. The van der Waals surface area contributed by atoms with Crippen molar-refractivity contribution >= 4 is 12.4 Å². The summed E-state index contributed by atoms with van der Waals surface area (Å²) in [7, 11) is 0. The van der Waals surface area contributed by atoms with Crippen LogP contribution in [0.4, 0.5) is 26.3 Å². The van der Waals surface area contributed by atoms with Crippen molar-refractivity contribution in [3.63, 3.8) is 0 Å². The molecule has 2 rings (SSSR count). The van der Waals surface area contributed by atoms with Crippen LogP contribution in [0.5, 0.6) is 0 Å². The maximum Gasteiger partial charge on any atom is 0.424 e. The molecule has 1 atom stereocenters. The van der Waals surface area contributed by atoms with Gasteiger partial charge >= 0.3 is 12.4 Å². The highest BCUT2D eigenvalue weighted by atomic mass is 35.5. The zero-order valence-electron chi connectivity index (χ0n) is 14.1. The van der Waals surface area contributed by atoms with Crippen molar-refractivity contribution in [2.24, 2.45) is 0 Å². The lowest BCUT2D eigenvalue weighted by Gasteiger charge is -2.28. The Balaban J connectivity index is 0.00000364. The summed E-state index contributed by atoms with van der Waals surface area (Å²) in [6.45, 7) is 0.773. The van der Waals surface area contributed by atoms with E-state index in [0.29, 0.717) is 0 Å². The highest BCUT2D eigenvalue weighted by Gasteiger charge is 2.56. The quantitative estimate of drug-likeness (QED) is 0.516. The van der Waals surface area contributed by atoms with E-state index in [2.05, 4.69) is 5.32 Å². The van der Waals surface area contributed by atoms with Crippen LogP contribution in [-0.4, -0.2) is 17.8 Å². The van der Waals surface area contributed by atoms with E-state index in [4.69, 9.17) is 4.42 Å². The Morgan fingerprint density at radius 3 is 2.15 bits per heavy atom. The summed E-state index contributed by atoms with van der Waals surface area (Å²) < 4.78 is 83.5. The minimum absolute atomic E-state index is 0. The molecule has 152 valence electrons. The smallest absolute Gasteiger partial charge is 0.424 e. The Bertz CT molecular complexity index is 744. The molecular weight excluding hydrogens is 400 g/mol. The molecule has 0 saturated carbocycles. The Kier molecular flexibility index (Phi) is 7.37. The summed E-state index contributed by atoms with van der Waals surface area (Å²) >= 11 is 0. The molecule has 0 aliphatic rings. The third-order valence-electron chi connectivity index (χ3n) is 3.92. The molecule has 0 radical (unpaired) electrons. The first kappa shape index (κ1) is 23.3. The number of hydrogen-bond acceptors (Lipinski definition) is 3. The van der Waals surface area contributed by atoms with Gasteiger partial charge in [0.05, 0.1) is 5.56 Å². The molecule has 0 spiro atoms. The SMILES string of the molecule is Cc1ccc(C(O)(CCNCc2ccccc2C(F)(F)F)C(F)(F)F)o1.Cl. The fraction of sp³-hybridized carbons (Fsp3) is 0.412. The summed E-state index contributed by atoms with van der Waals surface area (Å²) in [4.78, 5) is 0. The number of hydrogen-bond donors (Lipinski definition) is 2. The number of alkyl halides is 6. The molecule has 0 aliphatic carbocycles. The molecule has 2 aromatic rings. The monoisotopic (exact) mass is 417 g/mol. The van der Waals surface area contributed by atoms with E-state index in [1.807, 2.05) is 0 Å². The first-order chi connectivity index (χ1) is 11.9. The van der Waals surface area contributed by atoms with E-state index >= 15 is 0 Å². The van der Waals surface area contributed by atoms with Crippen molar-refractivity contribution in [3.05, 3.63) is 59.0 Å². The second-order valence-electron chi connectivity index (χ2n) is 5.85. The van der Waals surface area contributed by atoms with Gasteiger partial charge in [0.1, 0.15) is 11.5 Å². The van der Waals surface area contributed by atoms with Gasteiger partial charge in [-0.2, -0.15) is 26.3 Å². The number of aryl methyl sites for hydroxylation is 1. The number of rotatable bonds is 6. The lowest BCUT2D eigenvalue weighted by Crippen LogP contribution is -2.44. The molecule has 27 heavy (non-hydrogen) atoms. The minimum Gasteiger partial charge on any atom is -0.463 e. The van der Waals surface area contributed by atoms with Crippen LogP contribution in [0.25, 0.3) is 0 Å². The van der Waals surface area contributed by atoms with Crippen molar-refractivity contribution in [2.45, 2.75) is 37.8 Å². The highest BCUT2D eigenvalue weighted by molar-refractivity contribution is 5.85. The lowest BCUT2D eigenvalue weighted by molar-refractivity contribution is -0.274. The third kappa shape index (κ3) is 5.40. The fourth-order valence-electron chi connectivity index (χ4n) is 2.50. The van der Waals surface area contributed by atoms with Gasteiger partial charge in [-0.15, -0.1) is 12.4 Å². The first-order valence-electron chi connectivity index (χ1n) is 7.67. The van der Waals surface area contributed by atoms with E-state index in [-0.39, 0.29) is 36.8 Å². The van der Waals surface area contributed by atoms with Crippen molar-refractivity contribution in [3.8, 4) is 0 Å². The molecular formula is C17H18ClF6NO2. The Morgan fingerprint density at radius 1 is 1.00 bits per heavy atom. The van der Waals surface area contributed by atoms with Crippen LogP contribution in [-0.2, 0) is 18.3 Å². The van der Waals surface area contributed by atoms with Crippen molar-refractivity contribution in [1.82, 2.24) is 5.32 Å². The molecule has 10 heteroatoms. The van der Waals surface area contributed by atoms with Crippen LogP contribution in [0, 0.1) is 6.92 Å². The molecule has 1 aromatic heterocycles. The summed E-state index contributed by atoms with van der Waals surface area (Å²) in [6.07, 6.45) is -10.4. The molecule has 1 aromatic carbocycles. The Labute approximate surface area is 157 Å².